The molecule has 0 saturated heterocycles. The Kier molecular flexibility index (Phi) is 3.36. The SMILES string of the molecule is COC(=O)c1ncn(C(C)Cc2ccco2)c1N. The maximum atomic E-state index is 11.4. The third kappa shape index (κ3) is 2.22. The lowest BCUT2D eigenvalue weighted by Gasteiger charge is -2.13. The van der Waals surface area contributed by atoms with Crippen LogP contribution in [0.3, 0.4) is 0 Å². The Balaban J connectivity index is 2.18. The van der Waals surface area contributed by atoms with Crippen LogP contribution in [-0.4, -0.2) is 22.6 Å². The number of carbonyl (C=O) groups is 1. The number of aromatic nitrogens is 2. The van der Waals surface area contributed by atoms with Crippen LogP contribution in [0, 0.1) is 0 Å². The topological polar surface area (TPSA) is 83.3 Å². The number of furan rings is 1. The molecule has 1 unspecified atom stereocenters. The molecular weight excluding hydrogens is 234 g/mol. The van der Waals surface area contributed by atoms with Gasteiger partial charge in [-0.1, -0.05) is 0 Å². The fraction of sp³-hybridized carbons (Fsp3) is 0.333. The Hall–Kier alpha value is -2.24. The second kappa shape index (κ2) is 4.95. The van der Waals surface area contributed by atoms with Crippen molar-refractivity contribution in [3.8, 4) is 0 Å². The molecule has 18 heavy (non-hydrogen) atoms. The number of esters is 1. The molecule has 0 spiro atoms. The van der Waals surface area contributed by atoms with Gasteiger partial charge in [-0.15, -0.1) is 0 Å². The summed E-state index contributed by atoms with van der Waals surface area (Å²) in [4.78, 5) is 15.4. The average molecular weight is 249 g/mol. The van der Waals surface area contributed by atoms with Gasteiger partial charge in [-0.3, -0.25) is 0 Å². The second-order valence-electron chi connectivity index (χ2n) is 4.01. The number of hydrogen-bond donors (Lipinski definition) is 1. The van der Waals surface area contributed by atoms with E-state index >= 15 is 0 Å². The van der Waals surface area contributed by atoms with Gasteiger partial charge in [0.25, 0.3) is 0 Å². The monoisotopic (exact) mass is 249 g/mol. The van der Waals surface area contributed by atoms with E-state index in [-0.39, 0.29) is 11.7 Å². The first-order chi connectivity index (χ1) is 8.63. The number of methoxy groups -OCH3 is 1. The van der Waals surface area contributed by atoms with Gasteiger partial charge in [-0.05, 0) is 19.1 Å². The molecule has 0 fully saturated rings. The van der Waals surface area contributed by atoms with E-state index in [1.54, 1.807) is 10.8 Å². The lowest BCUT2D eigenvalue weighted by molar-refractivity contribution is 0.0596. The molecule has 2 rings (SSSR count). The summed E-state index contributed by atoms with van der Waals surface area (Å²) in [6, 6.07) is 3.77. The summed E-state index contributed by atoms with van der Waals surface area (Å²) in [6.45, 7) is 1.97. The first-order valence-electron chi connectivity index (χ1n) is 5.56. The normalized spacial score (nSPS) is 12.3. The van der Waals surface area contributed by atoms with Crippen molar-refractivity contribution in [2.45, 2.75) is 19.4 Å². The van der Waals surface area contributed by atoms with E-state index in [2.05, 4.69) is 9.72 Å². The molecule has 0 amide bonds. The van der Waals surface area contributed by atoms with E-state index in [4.69, 9.17) is 10.2 Å². The van der Waals surface area contributed by atoms with Crippen molar-refractivity contribution >= 4 is 11.8 Å². The Morgan fingerprint density at radius 3 is 3.06 bits per heavy atom. The molecule has 2 N–H and O–H groups in total. The summed E-state index contributed by atoms with van der Waals surface area (Å²) in [5, 5.41) is 0. The predicted molar refractivity (Wildman–Crippen MR) is 65.1 cm³/mol. The minimum absolute atomic E-state index is 0.0436. The summed E-state index contributed by atoms with van der Waals surface area (Å²) in [5.74, 6) is 0.632. The molecule has 6 nitrogen and oxygen atoms in total. The van der Waals surface area contributed by atoms with Crippen molar-refractivity contribution in [2.75, 3.05) is 12.8 Å². The molecule has 0 aliphatic carbocycles. The van der Waals surface area contributed by atoms with Crippen molar-refractivity contribution in [1.82, 2.24) is 9.55 Å². The van der Waals surface area contributed by atoms with Crippen molar-refractivity contribution in [2.24, 2.45) is 0 Å². The quantitative estimate of drug-likeness (QED) is 0.833. The van der Waals surface area contributed by atoms with Gasteiger partial charge in [0.2, 0.25) is 0 Å². The number of anilines is 1. The molecule has 0 saturated carbocycles. The lowest BCUT2D eigenvalue weighted by Crippen LogP contribution is -2.12. The first kappa shape index (κ1) is 12.2. The van der Waals surface area contributed by atoms with Crippen LogP contribution in [0.25, 0.3) is 0 Å². The van der Waals surface area contributed by atoms with Gasteiger partial charge in [-0.2, -0.15) is 0 Å². The molecule has 0 aliphatic rings. The number of hydrogen-bond acceptors (Lipinski definition) is 5. The predicted octanol–water partition coefficient (Wildman–Crippen LogP) is 1.65. The van der Waals surface area contributed by atoms with E-state index in [1.165, 1.54) is 13.4 Å². The molecule has 96 valence electrons. The average Bonchev–Trinajstić information content (AvgIpc) is 2.97. The Bertz CT molecular complexity index is 531. The Morgan fingerprint density at radius 2 is 2.44 bits per heavy atom. The van der Waals surface area contributed by atoms with Gasteiger partial charge < -0.3 is 19.5 Å². The van der Waals surface area contributed by atoms with Gasteiger partial charge in [-0.25, -0.2) is 9.78 Å². The zero-order valence-electron chi connectivity index (χ0n) is 10.3. The Labute approximate surface area is 104 Å². The van der Waals surface area contributed by atoms with Crippen LogP contribution in [0.5, 0.6) is 0 Å². The molecule has 1 atom stereocenters. The van der Waals surface area contributed by atoms with Gasteiger partial charge in [0, 0.05) is 12.5 Å². The van der Waals surface area contributed by atoms with Gasteiger partial charge in [0.05, 0.1) is 19.7 Å². The molecule has 6 heteroatoms. The number of carbonyl (C=O) groups excluding carboxylic acids is 1. The number of nitrogens with two attached hydrogens (primary N) is 1. The summed E-state index contributed by atoms with van der Waals surface area (Å²) in [6.07, 6.45) is 3.84. The number of nitrogens with zero attached hydrogens (tertiary/aromatic N) is 2. The zero-order valence-corrected chi connectivity index (χ0v) is 10.3. The fourth-order valence-electron chi connectivity index (χ4n) is 1.79. The molecule has 0 aromatic carbocycles. The van der Waals surface area contributed by atoms with Crippen LogP contribution >= 0.6 is 0 Å². The minimum atomic E-state index is -0.531. The number of nitrogen functional groups attached to an aromatic ring is 1. The van der Waals surface area contributed by atoms with Gasteiger partial charge in [0.1, 0.15) is 11.6 Å². The van der Waals surface area contributed by atoms with E-state index in [0.717, 1.165) is 5.76 Å². The largest absolute Gasteiger partial charge is 0.469 e. The van der Waals surface area contributed by atoms with Crippen LogP contribution in [0.15, 0.2) is 29.1 Å². The van der Waals surface area contributed by atoms with Crippen LogP contribution < -0.4 is 5.73 Å². The van der Waals surface area contributed by atoms with Crippen molar-refractivity contribution < 1.29 is 13.9 Å². The highest BCUT2D eigenvalue weighted by Gasteiger charge is 2.19. The zero-order chi connectivity index (χ0) is 13.1. The lowest BCUT2D eigenvalue weighted by atomic mass is 10.2. The van der Waals surface area contributed by atoms with Crippen molar-refractivity contribution in [3.05, 3.63) is 36.2 Å². The molecule has 0 radical (unpaired) electrons. The second-order valence-corrected chi connectivity index (χ2v) is 4.01. The third-order valence-electron chi connectivity index (χ3n) is 2.76. The van der Waals surface area contributed by atoms with E-state index in [1.807, 2.05) is 19.1 Å². The third-order valence-corrected chi connectivity index (χ3v) is 2.76. The van der Waals surface area contributed by atoms with Crippen LogP contribution in [0.2, 0.25) is 0 Å². The number of rotatable bonds is 4. The fourth-order valence-corrected chi connectivity index (χ4v) is 1.79. The van der Waals surface area contributed by atoms with Crippen LogP contribution in [-0.2, 0) is 11.2 Å². The molecule has 2 aromatic rings. The maximum absolute atomic E-state index is 11.4. The standard InChI is InChI=1S/C12H15N3O3/c1-8(6-9-4-3-5-18-9)15-7-14-10(11(15)13)12(16)17-2/h3-5,7-8H,6,13H2,1-2H3. The van der Waals surface area contributed by atoms with Crippen LogP contribution in [0.1, 0.15) is 29.2 Å². The molecule has 2 heterocycles. The van der Waals surface area contributed by atoms with E-state index in [0.29, 0.717) is 12.2 Å². The number of ether oxygens (including phenoxy) is 1. The minimum Gasteiger partial charge on any atom is -0.469 e. The highest BCUT2D eigenvalue weighted by atomic mass is 16.5. The molecule has 0 bridgehead atoms. The van der Waals surface area contributed by atoms with Crippen LogP contribution in [0.4, 0.5) is 5.82 Å². The first-order valence-corrected chi connectivity index (χ1v) is 5.56. The molecule has 0 aliphatic heterocycles. The summed E-state index contributed by atoms with van der Waals surface area (Å²) in [7, 11) is 1.30. The van der Waals surface area contributed by atoms with Gasteiger partial charge >= 0.3 is 5.97 Å². The Morgan fingerprint density at radius 1 is 1.67 bits per heavy atom. The summed E-state index contributed by atoms with van der Waals surface area (Å²) in [5.41, 5.74) is 6.02. The molecular formula is C12H15N3O3. The molecule has 2 aromatic heterocycles. The van der Waals surface area contributed by atoms with Crippen molar-refractivity contribution in [1.29, 1.82) is 0 Å². The summed E-state index contributed by atoms with van der Waals surface area (Å²) < 4.78 is 11.6. The van der Waals surface area contributed by atoms with Crippen molar-refractivity contribution in [3.63, 3.8) is 0 Å². The van der Waals surface area contributed by atoms with E-state index < -0.39 is 5.97 Å². The highest BCUT2D eigenvalue weighted by molar-refractivity contribution is 5.92. The van der Waals surface area contributed by atoms with Gasteiger partial charge in [0.15, 0.2) is 5.69 Å². The summed E-state index contributed by atoms with van der Waals surface area (Å²) >= 11 is 0. The highest BCUT2D eigenvalue weighted by Crippen LogP contribution is 2.20. The number of imidazole rings is 1. The van der Waals surface area contributed by atoms with E-state index in [9.17, 15) is 4.79 Å². The smallest absolute Gasteiger partial charge is 0.360 e. The maximum Gasteiger partial charge on any atom is 0.360 e.